The number of ether oxygens (including phenoxy) is 2. The van der Waals surface area contributed by atoms with Crippen LogP contribution in [0.5, 0.6) is 0 Å². The lowest BCUT2D eigenvalue weighted by atomic mass is 9.91. The highest BCUT2D eigenvalue weighted by atomic mass is 19.4. The van der Waals surface area contributed by atoms with Crippen LogP contribution in [-0.4, -0.2) is 41.9 Å². The molecule has 0 N–H and O–H groups in total. The van der Waals surface area contributed by atoms with Crippen molar-refractivity contribution in [1.82, 2.24) is 4.90 Å². The molecule has 1 aromatic carbocycles. The molecule has 0 unspecified atom stereocenters. The molecule has 2 heterocycles. The summed E-state index contributed by atoms with van der Waals surface area (Å²) in [5, 5.41) is 0. The van der Waals surface area contributed by atoms with Crippen molar-refractivity contribution in [3.63, 3.8) is 0 Å². The molecule has 0 aromatic heterocycles. The third-order valence-corrected chi connectivity index (χ3v) is 4.61. The van der Waals surface area contributed by atoms with Gasteiger partial charge >= 0.3 is 12.3 Å². The van der Waals surface area contributed by atoms with Crippen LogP contribution in [-0.2, 0) is 15.7 Å². The fourth-order valence-corrected chi connectivity index (χ4v) is 3.57. The molecule has 3 rings (SSSR count). The minimum absolute atomic E-state index is 0.0534. The number of halogens is 3. The van der Waals surface area contributed by atoms with E-state index in [9.17, 15) is 18.0 Å². The van der Waals surface area contributed by atoms with Crippen molar-refractivity contribution < 1.29 is 27.4 Å². The summed E-state index contributed by atoms with van der Waals surface area (Å²) in [7, 11) is 0. The third kappa shape index (κ3) is 3.76. The van der Waals surface area contributed by atoms with E-state index in [2.05, 4.69) is 0 Å². The van der Waals surface area contributed by atoms with Crippen LogP contribution < -0.4 is 0 Å². The number of morpholine rings is 1. The number of benzene rings is 1. The first-order chi connectivity index (χ1) is 11.6. The Balaban J connectivity index is 1.81. The lowest BCUT2D eigenvalue weighted by molar-refractivity contribution is -0.137. The van der Waals surface area contributed by atoms with Gasteiger partial charge in [0.15, 0.2) is 0 Å². The quantitative estimate of drug-likeness (QED) is 0.756. The van der Waals surface area contributed by atoms with Gasteiger partial charge in [-0.25, -0.2) is 4.79 Å². The van der Waals surface area contributed by atoms with Crippen LogP contribution >= 0.6 is 0 Å². The summed E-state index contributed by atoms with van der Waals surface area (Å²) in [5.41, 5.74) is -0.476. The highest BCUT2D eigenvalue weighted by molar-refractivity contribution is 5.70. The highest BCUT2D eigenvalue weighted by Crippen LogP contribution is 2.42. The molecule has 0 saturated carbocycles. The Kier molecular flexibility index (Phi) is 4.47. The summed E-state index contributed by atoms with van der Waals surface area (Å²) in [6.07, 6.45) is -4.08. The van der Waals surface area contributed by atoms with E-state index in [0.717, 1.165) is 17.7 Å². The molecule has 25 heavy (non-hydrogen) atoms. The number of amides is 1. The first-order valence-electron chi connectivity index (χ1n) is 8.32. The number of carbonyl (C=O) groups excluding carboxylic acids is 1. The lowest BCUT2D eigenvalue weighted by Crippen LogP contribution is -2.51. The fraction of sp³-hybridized carbons (Fsp3) is 0.611. The molecular formula is C18H22F3NO3. The molecule has 2 aliphatic heterocycles. The summed E-state index contributed by atoms with van der Waals surface area (Å²) in [6.45, 7) is 6.20. The first-order valence-corrected chi connectivity index (χ1v) is 8.32. The molecule has 0 spiro atoms. The van der Waals surface area contributed by atoms with E-state index in [1.807, 2.05) is 0 Å². The van der Waals surface area contributed by atoms with Gasteiger partial charge in [0, 0.05) is 5.92 Å². The van der Waals surface area contributed by atoms with Gasteiger partial charge in [-0.15, -0.1) is 0 Å². The summed E-state index contributed by atoms with van der Waals surface area (Å²) < 4.78 is 49.3. The summed E-state index contributed by atoms with van der Waals surface area (Å²) in [4.78, 5) is 14.2. The molecule has 2 aliphatic rings. The predicted octanol–water partition coefficient (Wildman–Crippen LogP) is 4.20. The molecule has 2 fully saturated rings. The number of rotatable bonds is 1. The van der Waals surface area contributed by atoms with Gasteiger partial charge < -0.3 is 9.47 Å². The van der Waals surface area contributed by atoms with Crippen LogP contribution in [0.1, 0.15) is 44.2 Å². The fourth-order valence-electron chi connectivity index (χ4n) is 3.57. The first kappa shape index (κ1) is 18.0. The monoisotopic (exact) mass is 357 g/mol. The maximum Gasteiger partial charge on any atom is 0.416 e. The Morgan fingerprint density at radius 2 is 1.80 bits per heavy atom. The molecule has 2 bridgehead atoms. The number of alkyl halides is 3. The van der Waals surface area contributed by atoms with Crippen LogP contribution in [0.2, 0.25) is 0 Å². The Morgan fingerprint density at radius 3 is 2.36 bits per heavy atom. The van der Waals surface area contributed by atoms with Crippen molar-refractivity contribution in [1.29, 1.82) is 0 Å². The molecular weight excluding hydrogens is 335 g/mol. The molecule has 4 nitrogen and oxygen atoms in total. The van der Waals surface area contributed by atoms with Gasteiger partial charge in [-0.05, 0) is 44.9 Å². The van der Waals surface area contributed by atoms with Crippen molar-refractivity contribution in [3.8, 4) is 0 Å². The van der Waals surface area contributed by atoms with E-state index in [0.29, 0.717) is 19.6 Å². The van der Waals surface area contributed by atoms with Crippen LogP contribution in [0.25, 0.3) is 0 Å². The molecule has 3 atom stereocenters. The zero-order valence-electron chi connectivity index (χ0n) is 14.5. The smallest absolute Gasteiger partial charge is 0.416 e. The van der Waals surface area contributed by atoms with Gasteiger partial charge in [-0.1, -0.05) is 12.1 Å². The van der Waals surface area contributed by atoms with E-state index in [4.69, 9.17) is 9.47 Å². The van der Waals surface area contributed by atoms with E-state index in [-0.39, 0.29) is 24.1 Å². The van der Waals surface area contributed by atoms with Crippen molar-refractivity contribution in [3.05, 3.63) is 35.4 Å². The maximum atomic E-state index is 12.7. The molecule has 0 aliphatic carbocycles. The second-order valence-electron chi connectivity index (χ2n) is 7.61. The van der Waals surface area contributed by atoms with E-state index in [1.54, 1.807) is 25.7 Å². The minimum atomic E-state index is -4.35. The number of carbonyl (C=O) groups is 1. The topological polar surface area (TPSA) is 38.8 Å². The normalized spacial score (nSPS) is 26.6. The number of hydrogen-bond acceptors (Lipinski definition) is 3. The number of nitrogens with zero attached hydrogens (tertiary/aromatic N) is 1. The van der Waals surface area contributed by atoms with Crippen LogP contribution in [0.3, 0.4) is 0 Å². The largest absolute Gasteiger partial charge is 0.444 e. The number of fused-ring (bicyclic) bond motifs is 2. The molecule has 2 saturated heterocycles. The van der Waals surface area contributed by atoms with Gasteiger partial charge in [0.2, 0.25) is 0 Å². The van der Waals surface area contributed by atoms with Gasteiger partial charge in [-0.2, -0.15) is 13.2 Å². The average Bonchev–Trinajstić information content (AvgIpc) is 2.71. The summed E-state index contributed by atoms with van der Waals surface area (Å²) in [5.74, 6) is -0.0534. The second kappa shape index (κ2) is 6.20. The van der Waals surface area contributed by atoms with Gasteiger partial charge in [0.05, 0.1) is 30.9 Å². The molecule has 1 amide bonds. The van der Waals surface area contributed by atoms with Crippen molar-refractivity contribution in [2.24, 2.45) is 0 Å². The predicted molar refractivity (Wildman–Crippen MR) is 85.3 cm³/mol. The Hall–Kier alpha value is -1.76. The van der Waals surface area contributed by atoms with Gasteiger partial charge in [0.1, 0.15) is 5.60 Å². The van der Waals surface area contributed by atoms with Crippen molar-refractivity contribution in [2.45, 2.75) is 57.0 Å². The number of hydrogen-bond donors (Lipinski definition) is 0. The summed E-state index contributed by atoms with van der Waals surface area (Å²) in [6, 6.07) is 4.86. The van der Waals surface area contributed by atoms with Gasteiger partial charge in [-0.3, -0.25) is 4.90 Å². The Labute approximate surface area is 144 Å². The molecule has 0 radical (unpaired) electrons. The van der Waals surface area contributed by atoms with E-state index < -0.39 is 17.3 Å². The zero-order valence-corrected chi connectivity index (χ0v) is 14.5. The Bertz CT molecular complexity index is 636. The highest BCUT2D eigenvalue weighted by Gasteiger charge is 2.48. The SMILES string of the molecule is CC(C)(C)OC(=O)N1[C@@H]2COC[C@H]1[C@H](c1ccc(C(F)(F)F)cc1)C2. The van der Waals surface area contributed by atoms with Crippen LogP contribution in [0.4, 0.5) is 18.0 Å². The zero-order chi connectivity index (χ0) is 18.4. The second-order valence-corrected chi connectivity index (χ2v) is 7.61. The summed E-state index contributed by atoms with van der Waals surface area (Å²) >= 11 is 0. The average molecular weight is 357 g/mol. The molecule has 1 aromatic rings. The minimum Gasteiger partial charge on any atom is -0.444 e. The lowest BCUT2D eigenvalue weighted by Gasteiger charge is -2.36. The maximum absolute atomic E-state index is 12.7. The van der Waals surface area contributed by atoms with Crippen molar-refractivity contribution in [2.75, 3.05) is 13.2 Å². The standard InChI is InChI=1S/C18H22F3NO3/c1-17(2,3)25-16(23)22-13-8-14(15(22)10-24-9-13)11-4-6-12(7-5-11)18(19,20)21/h4-7,13-15H,8-10H2,1-3H3/t13-,14-,15-/m0/s1. The molecule has 138 valence electrons. The van der Waals surface area contributed by atoms with E-state index >= 15 is 0 Å². The van der Waals surface area contributed by atoms with Crippen LogP contribution in [0.15, 0.2) is 24.3 Å². The van der Waals surface area contributed by atoms with Crippen LogP contribution in [0, 0.1) is 0 Å². The van der Waals surface area contributed by atoms with Gasteiger partial charge in [0.25, 0.3) is 0 Å². The van der Waals surface area contributed by atoms with E-state index in [1.165, 1.54) is 12.1 Å². The third-order valence-electron chi connectivity index (χ3n) is 4.61. The molecule has 7 heteroatoms. The Morgan fingerprint density at radius 1 is 1.16 bits per heavy atom. The van der Waals surface area contributed by atoms with Crippen molar-refractivity contribution >= 4 is 6.09 Å².